The number of aromatic nitrogens is 4. The van der Waals surface area contributed by atoms with Gasteiger partial charge in [-0.3, -0.25) is 0 Å². The Balaban J connectivity index is 0.807. The third-order valence-electron chi connectivity index (χ3n) is 12.1. The van der Waals surface area contributed by atoms with Crippen molar-refractivity contribution in [2.75, 3.05) is 39.3 Å². The minimum atomic E-state index is -0.725. The highest BCUT2D eigenvalue weighted by Crippen LogP contribution is 2.27. The van der Waals surface area contributed by atoms with Crippen LogP contribution in [0.5, 0.6) is 0 Å². The van der Waals surface area contributed by atoms with Crippen molar-refractivity contribution in [3.63, 3.8) is 0 Å². The SMILES string of the molecule is O=C(/C=C\C(=O)On1nc(CCC2CCN(CCc3ccccc3)CC2)c2ccccc21)On1nc(CCC2CCN(CCc3ccccc3)CC2)c2ccccc21. The molecule has 8 rings (SSSR count). The normalized spacial score (nSPS) is 16.1. The maximum Gasteiger partial charge on any atom is 0.358 e. The summed E-state index contributed by atoms with van der Waals surface area (Å²) in [6, 6.07) is 37.0. The summed E-state index contributed by atoms with van der Waals surface area (Å²) in [6.45, 7) is 6.67. The van der Waals surface area contributed by atoms with Crippen molar-refractivity contribution < 1.29 is 19.3 Å². The van der Waals surface area contributed by atoms with Gasteiger partial charge in [0.1, 0.15) is 11.0 Å². The third kappa shape index (κ3) is 10.3. The Morgan fingerprint density at radius 1 is 0.517 bits per heavy atom. The van der Waals surface area contributed by atoms with E-state index in [1.807, 2.05) is 48.5 Å². The summed E-state index contributed by atoms with van der Waals surface area (Å²) in [5.74, 6) is -0.181. The molecule has 0 bridgehead atoms. The number of fused-ring (bicyclic) bond motifs is 2. The van der Waals surface area contributed by atoms with Gasteiger partial charge >= 0.3 is 11.9 Å². The summed E-state index contributed by atoms with van der Waals surface area (Å²) in [7, 11) is 0. The van der Waals surface area contributed by atoms with Gasteiger partial charge < -0.3 is 19.5 Å². The molecule has 0 spiro atoms. The van der Waals surface area contributed by atoms with Crippen molar-refractivity contribution in [1.29, 1.82) is 0 Å². The molecule has 0 N–H and O–H groups in total. The molecule has 10 nitrogen and oxygen atoms in total. The Morgan fingerprint density at radius 2 is 0.897 bits per heavy atom. The van der Waals surface area contributed by atoms with Crippen LogP contribution in [-0.4, -0.2) is 80.9 Å². The molecule has 0 atom stereocenters. The van der Waals surface area contributed by atoms with E-state index in [-0.39, 0.29) is 0 Å². The first-order valence-corrected chi connectivity index (χ1v) is 21.1. The Labute approximate surface area is 340 Å². The summed E-state index contributed by atoms with van der Waals surface area (Å²) in [6.07, 6.45) is 12.7. The molecule has 58 heavy (non-hydrogen) atoms. The van der Waals surface area contributed by atoms with E-state index in [2.05, 4.69) is 70.5 Å². The molecule has 6 aromatic rings. The van der Waals surface area contributed by atoms with E-state index in [9.17, 15) is 9.59 Å². The lowest BCUT2D eigenvalue weighted by Gasteiger charge is -2.32. The molecule has 0 amide bonds. The van der Waals surface area contributed by atoms with Gasteiger partial charge in [-0.15, -0.1) is 10.2 Å². The largest absolute Gasteiger partial charge is 0.358 e. The van der Waals surface area contributed by atoms with Crippen molar-refractivity contribution in [3.8, 4) is 0 Å². The monoisotopic (exact) mass is 778 g/mol. The van der Waals surface area contributed by atoms with Crippen molar-refractivity contribution in [2.24, 2.45) is 11.8 Å². The Kier molecular flexibility index (Phi) is 13.0. The van der Waals surface area contributed by atoms with Gasteiger partial charge in [-0.2, -0.15) is 0 Å². The Hall–Kier alpha value is -5.58. The second-order valence-corrected chi connectivity index (χ2v) is 15.9. The number of para-hydroxylation sites is 2. The van der Waals surface area contributed by atoms with Gasteiger partial charge in [0.2, 0.25) is 0 Å². The van der Waals surface area contributed by atoms with Crippen LogP contribution in [0.15, 0.2) is 121 Å². The molecule has 10 heteroatoms. The van der Waals surface area contributed by atoms with Gasteiger partial charge in [-0.25, -0.2) is 9.59 Å². The van der Waals surface area contributed by atoms with Crippen LogP contribution < -0.4 is 9.68 Å². The molecule has 2 aliphatic rings. The van der Waals surface area contributed by atoms with Gasteiger partial charge in [0.25, 0.3) is 0 Å². The van der Waals surface area contributed by atoms with Gasteiger partial charge in [0.05, 0.1) is 11.4 Å². The number of benzene rings is 4. The van der Waals surface area contributed by atoms with Gasteiger partial charge in [0.15, 0.2) is 0 Å². The number of hydrogen-bond acceptors (Lipinski definition) is 8. The highest BCUT2D eigenvalue weighted by atomic mass is 16.7. The predicted octanol–water partition coefficient (Wildman–Crippen LogP) is 7.33. The molecule has 2 aromatic heterocycles. The maximum atomic E-state index is 13.0. The first-order chi connectivity index (χ1) is 28.5. The molecule has 2 aliphatic heterocycles. The van der Waals surface area contributed by atoms with E-state index in [1.54, 1.807) is 0 Å². The van der Waals surface area contributed by atoms with Crippen LogP contribution in [0.3, 0.4) is 0 Å². The fourth-order valence-corrected chi connectivity index (χ4v) is 8.62. The number of aryl methyl sites for hydroxylation is 2. The van der Waals surface area contributed by atoms with E-state index in [1.165, 1.54) is 46.5 Å². The number of nitrogens with zero attached hydrogens (tertiary/aromatic N) is 6. The average molecular weight is 779 g/mol. The molecule has 300 valence electrons. The molecule has 4 aromatic carbocycles. The quantitative estimate of drug-likeness (QED) is 0.0944. The minimum absolute atomic E-state index is 0.635. The second kappa shape index (κ2) is 19.2. The van der Waals surface area contributed by atoms with Crippen LogP contribution in [0.25, 0.3) is 21.8 Å². The average Bonchev–Trinajstić information content (AvgIpc) is 3.81. The number of likely N-dealkylation sites (tertiary alicyclic amines) is 2. The van der Waals surface area contributed by atoms with E-state index < -0.39 is 11.9 Å². The van der Waals surface area contributed by atoms with E-state index >= 15 is 0 Å². The van der Waals surface area contributed by atoms with E-state index in [0.717, 1.165) is 112 Å². The first kappa shape index (κ1) is 39.3. The van der Waals surface area contributed by atoms with Crippen molar-refractivity contribution >= 4 is 33.7 Å². The van der Waals surface area contributed by atoms with Crippen LogP contribution in [0.1, 0.15) is 61.0 Å². The molecule has 2 saturated heterocycles. The molecule has 0 saturated carbocycles. The molecule has 0 unspecified atom stereocenters. The lowest BCUT2D eigenvalue weighted by molar-refractivity contribution is -0.142. The molecular formula is C48H54N6O4. The lowest BCUT2D eigenvalue weighted by atomic mass is 9.91. The zero-order chi connectivity index (χ0) is 39.5. The van der Waals surface area contributed by atoms with Crippen LogP contribution >= 0.6 is 0 Å². The number of piperidine rings is 2. The highest BCUT2D eigenvalue weighted by molar-refractivity contribution is 5.93. The Bertz CT molecular complexity index is 2120. The molecule has 0 radical (unpaired) electrons. The van der Waals surface area contributed by atoms with Gasteiger partial charge in [-0.05, 0) is 125 Å². The van der Waals surface area contributed by atoms with Crippen LogP contribution in [0.4, 0.5) is 0 Å². The number of carbonyl (C=O) groups excluding carboxylic acids is 2. The maximum absolute atomic E-state index is 13.0. The second-order valence-electron chi connectivity index (χ2n) is 15.9. The van der Waals surface area contributed by atoms with Crippen molar-refractivity contribution in [2.45, 2.75) is 64.2 Å². The van der Waals surface area contributed by atoms with Crippen LogP contribution in [0.2, 0.25) is 0 Å². The summed E-state index contributed by atoms with van der Waals surface area (Å²) in [4.78, 5) is 44.9. The lowest BCUT2D eigenvalue weighted by Crippen LogP contribution is -2.35. The molecular weight excluding hydrogens is 725 g/mol. The summed E-state index contributed by atoms with van der Waals surface area (Å²) in [5.41, 5.74) is 6.02. The topological polar surface area (TPSA) is 94.7 Å². The zero-order valence-corrected chi connectivity index (χ0v) is 33.3. The molecule has 2 fully saturated rings. The smallest absolute Gasteiger partial charge is 0.314 e. The molecule has 4 heterocycles. The zero-order valence-electron chi connectivity index (χ0n) is 33.3. The Morgan fingerprint density at radius 3 is 1.31 bits per heavy atom. The van der Waals surface area contributed by atoms with Crippen molar-refractivity contribution in [3.05, 3.63) is 144 Å². The molecule has 0 aliphatic carbocycles. The van der Waals surface area contributed by atoms with Gasteiger partial charge in [0, 0.05) is 36.0 Å². The number of carbonyl (C=O) groups is 2. The fraction of sp³-hybridized carbons (Fsp3) is 0.375. The van der Waals surface area contributed by atoms with Crippen molar-refractivity contribution in [1.82, 2.24) is 29.7 Å². The summed E-state index contributed by atoms with van der Waals surface area (Å²) in [5, 5.41) is 11.3. The van der Waals surface area contributed by atoms with Crippen LogP contribution in [-0.2, 0) is 35.3 Å². The number of hydrogen-bond donors (Lipinski definition) is 0. The fourth-order valence-electron chi connectivity index (χ4n) is 8.62. The highest BCUT2D eigenvalue weighted by Gasteiger charge is 2.23. The number of rotatable bonds is 16. The van der Waals surface area contributed by atoms with E-state index in [0.29, 0.717) is 22.9 Å². The standard InChI is InChI=1S/C48H54N6O4/c55-47(57-53-45-17-9-7-15-41(45)43(49-53)21-19-39-27-33-51(34-28-39)31-25-37-11-3-1-4-12-37)23-24-48(56)58-54-46-18-10-8-16-42(46)44(50-54)22-20-40-29-35-52(36-30-40)32-26-38-13-5-2-6-14-38/h1-18,23-24,39-40H,19-22,25-36H2/b24-23-. The summed E-state index contributed by atoms with van der Waals surface area (Å²) >= 11 is 0. The van der Waals surface area contributed by atoms with Gasteiger partial charge in [-0.1, -0.05) is 107 Å². The minimum Gasteiger partial charge on any atom is -0.314 e. The van der Waals surface area contributed by atoms with E-state index in [4.69, 9.17) is 19.9 Å². The third-order valence-corrected chi connectivity index (χ3v) is 12.1. The van der Waals surface area contributed by atoms with Crippen LogP contribution in [0, 0.1) is 11.8 Å². The predicted molar refractivity (Wildman–Crippen MR) is 227 cm³/mol. The first-order valence-electron chi connectivity index (χ1n) is 21.1. The summed E-state index contributed by atoms with van der Waals surface area (Å²) < 4.78 is 0.